The number of nitrogens with two attached hydrogens (primary N) is 1. The molecule has 0 amide bonds. The average molecular weight is 299 g/mol. The van der Waals surface area contributed by atoms with Gasteiger partial charge in [-0.05, 0) is 40.8 Å². The van der Waals surface area contributed by atoms with Crippen molar-refractivity contribution in [2.45, 2.75) is 6.54 Å². The van der Waals surface area contributed by atoms with Crippen LogP contribution in [0.25, 0.3) is 11.3 Å². The lowest BCUT2D eigenvalue weighted by Crippen LogP contribution is -1.95. The summed E-state index contributed by atoms with van der Waals surface area (Å²) in [5, 5.41) is 7.07. The Morgan fingerprint density at radius 1 is 1.29 bits per heavy atom. The molecule has 0 atom stereocenters. The van der Waals surface area contributed by atoms with Gasteiger partial charge in [0, 0.05) is 21.4 Å². The van der Waals surface area contributed by atoms with E-state index in [0.29, 0.717) is 6.54 Å². The molecule has 0 aliphatic rings. The van der Waals surface area contributed by atoms with Crippen LogP contribution in [0.2, 0.25) is 0 Å². The third kappa shape index (κ3) is 1.96. The summed E-state index contributed by atoms with van der Waals surface area (Å²) in [6.45, 7) is 0.497. The molecule has 3 nitrogen and oxygen atoms in total. The van der Waals surface area contributed by atoms with Crippen LogP contribution in [-0.4, -0.2) is 10.2 Å². The maximum absolute atomic E-state index is 5.49. The number of hydrogen-bond donors (Lipinski definition) is 2. The molecule has 0 bridgehead atoms. The lowest BCUT2D eigenvalue weighted by molar-refractivity contribution is 0.948. The van der Waals surface area contributed by atoms with E-state index in [1.54, 1.807) is 0 Å². The average Bonchev–Trinajstić information content (AvgIpc) is 2.67. The molecule has 0 spiro atoms. The monoisotopic (exact) mass is 299 g/mol. The number of hydrogen-bond acceptors (Lipinski definition) is 2. The minimum absolute atomic E-state index is 0.497. The Labute approximate surface area is 95.9 Å². The fourth-order valence-electron chi connectivity index (χ4n) is 1.23. The van der Waals surface area contributed by atoms with Gasteiger partial charge in [0.05, 0.1) is 5.69 Å². The summed E-state index contributed by atoms with van der Waals surface area (Å²) in [5.74, 6) is 0. The second-order valence-corrected chi connectivity index (χ2v) is 4.24. The van der Waals surface area contributed by atoms with E-state index in [0.717, 1.165) is 17.0 Å². The Morgan fingerprint density at radius 3 is 2.57 bits per heavy atom. The van der Waals surface area contributed by atoms with Gasteiger partial charge in [-0.3, -0.25) is 5.10 Å². The molecular weight excluding hydrogens is 289 g/mol. The second kappa shape index (κ2) is 4.10. The molecule has 2 aromatic rings. The van der Waals surface area contributed by atoms with Crippen LogP contribution in [0.1, 0.15) is 5.69 Å². The van der Waals surface area contributed by atoms with Crippen LogP contribution < -0.4 is 5.73 Å². The molecule has 0 saturated heterocycles. The smallest absolute Gasteiger partial charge is 0.0924 e. The Morgan fingerprint density at radius 2 is 2.00 bits per heavy atom. The minimum Gasteiger partial charge on any atom is -0.325 e. The summed E-state index contributed by atoms with van der Waals surface area (Å²) in [6, 6.07) is 10.2. The summed E-state index contributed by atoms with van der Waals surface area (Å²) in [4.78, 5) is 0. The lowest BCUT2D eigenvalue weighted by Gasteiger charge is -1.95. The van der Waals surface area contributed by atoms with Crippen molar-refractivity contribution in [2.24, 2.45) is 5.73 Å². The molecule has 0 saturated carbocycles. The van der Waals surface area contributed by atoms with Gasteiger partial charge >= 0.3 is 0 Å². The third-order valence-corrected chi connectivity index (χ3v) is 2.71. The molecule has 1 heterocycles. The van der Waals surface area contributed by atoms with Crippen molar-refractivity contribution in [3.63, 3.8) is 0 Å². The molecule has 14 heavy (non-hydrogen) atoms. The summed E-state index contributed by atoms with van der Waals surface area (Å²) >= 11 is 2.28. The van der Waals surface area contributed by atoms with Gasteiger partial charge in [-0.2, -0.15) is 5.10 Å². The van der Waals surface area contributed by atoms with Gasteiger partial charge < -0.3 is 5.73 Å². The van der Waals surface area contributed by atoms with Crippen molar-refractivity contribution in [3.05, 3.63) is 39.6 Å². The van der Waals surface area contributed by atoms with E-state index in [1.165, 1.54) is 3.57 Å². The molecule has 0 aliphatic heterocycles. The van der Waals surface area contributed by atoms with Crippen molar-refractivity contribution in [1.82, 2.24) is 10.2 Å². The summed E-state index contributed by atoms with van der Waals surface area (Å²) in [5.41, 5.74) is 8.51. The van der Waals surface area contributed by atoms with Crippen molar-refractivity contribution in [1.29, 1.82) is 0 Å². The summed E-state index contributed by atoms with van der Waals surface area (Å²) in [7, 11) is 0. The Balaban J connectivity index is 2.34. The SMILES string of the molecule is NCc1cc(-c2ccc(I)cc2)n[nH]1. The highest BCUT2D eigenvalue weighted by molar-refractivity contribution is 14.1. The van der Waals surface area contributed by atoms with Crippen LogP contribution in [-0.2, 0) is 6.54 Å². The van der Waals surface area contributed by atoms with E-state index < -0.39 is 0 Å². The van der Waals surface area contributed by atoms with Crippen molar-refractivity contribution >= 4 is 22.6 Å². The highest BCUT2D eigenvalue weighted by Gasteiger charge is 2.01. The largest absolute Gasteiger partial charge is 0.325 e. The van der Waals surface area contributed by atoms with Gasteiger partial charge in [0.1, 0.15) is 0 Å². The minimum atomic E-state index is 0.497. The molecule has 0 radical (unpaired) electrons. The standard InChI is InChI=1S/C10H10IN3/c11-8-3-1-7(2-4-8)10-5-9(6-12)13-14-10/h1-5H,6,12H2,(H,13,14). The molecule has 1 aromatic heterocycles. The molecule has 0 fully saturated rings. The van der Waals surface area contributed by atoms with Gasteiger partial charge in [0.25, 0.3) is 0 Å². The van der Waals surface area contributed by atoms with Crippen molar-refractivity contribution in [2.75, 3.05) is 0 Å². The number of benzene rings is 1. The van der Waals surface area contributed by atoms with Crippen LogP contribution in [0.15, 0.2) is 30.3 Å². The molecule has 3 N–H and O–H groups in total. The molecule has 1 aromatic carbocycles. The number of aromatic amines is 1. The molecule has 72 valence electrons. The lowest BCUT2D eigenvalue weighted by atomic mass is 10.1. The van der Waals surface area contributed by atoms with Gasteiger partial charge in [-0.25, -0.2) is 0 Å². The van der Waals surface area contributed by atoms with Crippen LogP contribution >= 0.6 is 22.6 Å². The highest BCUT2D eigenvalue weighted by Crippen LogP contribution is 2.18. The molecular formula is C10H10IN3. The second-order valence-electron chi connectivity index (χ2n) is 2.99. The molecule has 0 unspecified atom stereocenters. The fourth-order valence-corrected chi connectivity index (χ4v) is 1.59. The van der Waals surface area contributed by atoms with Gasteiger partial charge in [0.2, 0.25) is 0 Å². The zero-order valence-corrected chi connectivity index (χ0v) is 9.65. The number of rotatable bonds is 2. The highest BCUT2D eigenvalue weighted by atomic mass is 127. The number of nitrogens with one attached hydrogen (secondary N) is 1. The Kier molecular flexibility index (Phi) is 2.83. The first-order valence-corrected chi connectivity index (χ1v) is 5.38. The first-order valence-electron chi connectivity index (χ1n) is 4.30. The van der Waals surface area contributed by atoms with Gasteiger partial charge in [-0.15, -0.1) is 0 Å². The van der Waals surface area contributed by atoms with Crippen molar-refractivity contribution in [3.8, 4) is 11.3 Å². The summed E-state index contributed by atoms with van der Waals surface area (Å²) in [6.07, 6.45) is 0. The maximum atomic E-state index is 5.49. The first kappa shape index (κ1) is 9.67. The quantitative estimate of drug-likeness (QED) is 0.835. The number of halogens is 1. The van der Waals surface area contributed by atoms with E-state index in [-0.39, 0.29) is 0 Å². The maximum Gasteiger partial charge on any atom is 0.0924 e. The van der Waals surface area contributed by atoms with E-state index in [2.05, 4.69) is 57.1 Å². The predicted molar refractivity (Wildman–Crippen MR) is 64.6 cm³/mol. The van der Waals surface area contributed by atoms with E-state index in [4.69, 9.17) is 5.73 Å². The van der Waals surface area contributed by atoms with E-state index in [9.17, 15) is 0 Å². The number of nitrogens with zero attached hydrogens (tertiary/aromatic N) is 1. The summed E-state index contributed by atoms with van der Waals surface area (Å²) < 4.78 is 1.22. The van der Waals surface area contributed by atoms with Crippen LogP contribution in [0, 0.1) is 3.57 Å². The first-order chi connectivity index (χ1) is 6.79. The topological polar surface area (TPSA) is 54.7 Å². The molecule has 4 heteroatoms. The van der Waals surface area contributed by atoms with Gasteiger partial charge in [-0.1, -0.05) is 12.1 Å². The van der Waals surface area contributed by atoms with Crippen LogP contribution in [0.5, 0.6) is 0 Å². The third-order valence-electron chi connectivity index (χ3n) is 1.99. The predicted octanol–water partition coefficient (Wildman–Crippen LogP) is 2.14. The zero-order valence-electron chi connectivity index (χ0n) is 7.50. The van der Waals surface area contributed by atoms with Crippen molar-refractivity contribution < 1.29 is 0 Å². The van der Waals surface area contributed by atoms with Crippen LogP contribution in [0.4, 0.5) is 0 Å². The number of aromatic nitrogens is 2. The van der Waals surface area contributed by atoms with E-state index in [1.807, 2.05) is 6.07 Å². The Hall–Kier alpha value is -0.880. The Bertz CT molecular complexity index is 419. The zero-order chi connectivity index (χ0) is 9.97. The normalized spacial score (nSPS) is 10.4. The molecule has 0 aliphatic carbocycles. The molecule has 2 rings (SSSR count). The van der Waals surface area contributed by atoms with E-state index >= 15 is 0 Å². The number of H-pyrrole nitrogens is 1. The van der Waals surface area contributed by atoms with Gasteiger partial charge in [0.15, 0.2) is 0 Å². The fraction of sp³-hybridized carbons (Fsp3) is 0.100. The van der Waals surface area contributed by atoms with Crippen LogP contribution in [0.3, 0.4) is 0 Å².